The molecule has 7 heteroatoms. The number of fused-ring (bicyclic) bond motifs is 1. The van der Waals surface area contributed by atoms with E-state index in [4.69, 9.17) is 0 Å². The molecule has 0 unspecified atom stereocenters. The minimum absolute atomic E-state index is 0.191. The lowest BCUT2D eigenvalue weighted by atomic mass is 9.75. The zero-order valence-corrected chi connectivity index (χ0v) is 13.8. The van der Waals surface area contributed by atoms with Gasteiger partial charge in [0.2, 0.25) is 0 Å². The van der Waals surface area contributed by atoms with Crippen LogP contribution in [0.15, 0.2) is 42.9 Å². The molecule has 0 aliphatic heterocycles. The standard InChI is InChI=1S/C18H19N5O2/c1-23-10-12(8-20-23)17(11-6-13(24)7-11)22-18(25)16-9-19-14-4-2-3-5-15(14)21-16/h2-5,8-11,13,17,24H,6-7H2,1H3,(H,22,25)/t11?,13?,17-/m1/s1. The number of para-hydroxylation sites is 2. The average Bonchev–Trinajstić information content (AvgIpc) is 3.03. The molecule has 128 valence electrons. The van der Waals surface area contributed by atoms with E-state index in [0.29, 0.717) is 18.4 Å². The quantitative estimate of drug-likeness (QED) is 0.754. The van der Waals surface area contributed by atoms with Crippen LogP contribution in [0.5, 0.6) is 0 Å². The van der Waals surface area contributed by atoms with Crippen LogP contribution in [-0.2, 0) is 7.05 Å². The average molecular weight is 337 g/mol. The summed E-state index contributed by atoms with van der Waals surface area (Å²) in [5, 5.41) is 16.9. The van der Waals surface area contributed by atoms with E-state index < -0.39 is 0 Å². The second-order valence-corrected chi connectivity index (χ2v) is 6.53. The van der Waals surface area contributed by atoms with Crippen molar-refractivity contribution in [3.05, 3.63) is 54.1 Å². The fourth-order valence-corrected chi connectivity index (χ4v) is 3.26. The molecule has 2 aromatic heterocycles. The number of carbonyl (C=O) groups excluding carboxylic acids is 1. The van der Waals surface area contributed by atoms with Crippen LogP contribution >= 0.6 is 0 Å². The molecule has 1 aliphatic carbocycles. The van der Waals surface area contributed by atoms with Crippen LogP contribution in [0.3, 0.4) is 0 Å². The molecular formula is C18H19N5O2. The van der Waals surface area contributed by atoms with Gasteiger partial charge in [0.25, 0.3) is 5.91 Å². The van der Waals surface area contributed by atoms with Gasteiger partial charge in [0.1, 0.15) is 5.69 Å². The van der Waals surface area contributed by atoms with Gasteiger partial charge in [-0.2, -0.15) is 5.10 Å². The first kappa shape index (κ1) is 15.7. The topological polar surface area (TPSA) is 92.9 Å². The third kappa shape index (κ3) is 3.10. The Balaban J connectivity index is 1.58. The van der Waals surface area contributed by atoms with Gasteiger partial charge >= 0.3 is 0 Å². The van der Waals surface area contributed by atoms with Crippen molar-refractivity contribution >= 4 is 16.9 Å². The van der Waals surface area contributed by atoms with E-state index in [1.54, 1.807) is 10.9 Å². The van der Waals surface area contributed by atoms with E-state index in [2.05, 4.69) is 20.4 Å². The fraction of sp³-hybridized carbons (Fsp3) is 0.333. The molecule has 1 atom stereocenters. The molecule has 0 spiro atoms. The third-order valence-electron chi connectivity index (χ3n) is 4.67. The minimum atomic E-state index is -0.290. The van der Waals surface area contributed by atoms with Gasteiger partial charge in [-0.15, -0.1) is 0 Å². The summed E-state index contributed by atoms with van der Waals surface area (Å²) in [6, 6.07) is 7.25. The SMILES string of the molecule is Cn1cc([C@H](NC(=O)c2cnc3ccccc3n2)C2CC(O)C2)cn1. The monoisotopic (exact) mass is 337 g/mol. The number of nitrogens with one attached hydrogen (secondary N) is 1. The molecule has 0 bridgehead atoms. The van der Waals surface area contributed by atoms with Crippen LogP contribution in [0.1, 0.15) is 34.9 Å². The van der Waals surface area contributed by atoms with Crippen molar-refractivity contribution in [2.75, 3.05) is 0 Å². The van der Waals surface area contributed by atoms with Crippen LogP contribution in [-0.4, -0.2) is 36.9 Å². The van der Waals surface area contributed by atoms with Gasteiger partial charge < -0.3 is 10.4 Å². The van der Waals surface area contributed by atoms with E-state index >= 15 is 0 Å². The van der Waals surface area contributed by atoms with E-state index in [0.717, 1.165) is 11.1 Å². The number of aliphatic hydroxyl groups is 1. The third-order valence-corrected chi connectivity index (χ3v) is 4.67. The molecule has 4 rings (SSSR count). The predicted molar refractivity (Wildman–Crippen MR) is 91.7 cm³/mol. The van der Waals surface area contributed by atoms with E-state index in [9.17, 15) is 9.90 Å². The van der Waals surface area contributed by atoms with Gasteiger partial charge in [-0.05, 0) is 30.9 Å². The molecule has 1 fully saturated rings. The highest BCUT2D eigenvalue weighted by Crippen LogP contribution is 2.38. The Morgan fingerprint density at radius 3 is 2.72 bits per heavy atom. The number of amides is 1. The molecule has 1 aliphatic rings. The number of aliphatic hydroxyl groups excluding tert-OH is 1. The van der Waals surface area contributed by atoms with Gasteiger partial charge in [0.05, 0.1) is 35.6 Å². The Hall–Kier alpha value is -2.80. The first-order chi connectivity index (χ1) is 12.1. The van der Waals surface area contributed by atoms with Crippen molar-refractivity contribution in [2.24, 2.45) is 13.0 Å². The number of aromatic nitrogens is 4. The summed E-state index contributed by atoms with van der Waals surface area (Å²) in [7, 11) is 1.84. The summed E-state index contributed by atoms with van der Waals surface area (Å²) in [6.45, 7) is 0. The summed E-state index contributed by atoms with van der Waals surface area (Å²) in [5.41, 5.74) is 2.66. The largest absolute Gasteiger partial charge is 0.393 e. The van der Waals surface area contributed by atoms with Crippen LogP contribution in [0.25, 0.3) is 11.0 Å². The molecule has 25 heavy (non-hydrogen) atoms. The Bertz CT molecular complexity index is 916. The van der Waals surface area contributed by atoms with Crippen molar-refractivity contribution in [3.63, 3.8) is 0 Å². The molecule has 0 saturated heterocycles. The first-order valence-corrected chi connectivity index (χ1v) is 8.29. The predicted octanol–water partition coefficient (Wildman–Crippen LogP) is 1.61. The summed E-state index contributed by atoms with van der Waals surface area (Å²) < 4.78 is 1.71. The van der Waals surface area contributed by atoms with Crippen LogP contribution < -0.4 is 5.32 Å². The highest BCUT2D eigenvalue weighted by Gasteiger charge is 2.36. The lowest BCUT2D eigenvalue weighted by Crippen LogP contribution is -2.41. The Morgan fingerprint density at radius 1 is 1.28 bits per heavy atom. The molecule has 1 aromatic carbocycles. The zero-order valence-electron chi connectivity index (χ0n) is 13.8. The summed E-state index contributed by atoms with van der Waals surface area (Å²) in [5.74, 6) is -0.0786. The van der Waals surface area contributed by atoms with E-state index in [1.165, 1.54) is 6.20 Å². The molecule has 7 nitrogen and oxygen atoms in total. The molecule has 2 heterocycles. The lowest BCUT2D eigenvalue weighted by molar-refractivity contribution is 0.0234. The number of carbonyl (C=O) groups is 1. The van der Waals surface area contributed by atoms with Crippen molar-refractivity contribution in [3.8, 4) is 0 Å². The molecule has 3 aromatic rings. The van der Waals surface area contributed by atoms with Crippen molar-refractivity contribution in [1.82, 2.24) is 25.1 Å². The summed E-state index contributed by atoms with van der Waals surface area (Å²) in [6.07, 6.45) is 6.19. The number of rotatable bonds is 4. The second kappa shape index (κ2) is 6.25. The maximum Gasteiger partial charge on any atom is 0.272 e. The molecule has 2 N–H and O–H groups in total. The van der Waals surface area contributed by atoms with Gasteiger partial charge in [0, 0.05) is 18.8 Å². The normalized spacial score (nSPS) is 20.9. The highest BCUT2D eigenvalue weighted by atomic mass is 16.3. The van der Waals surface area contributed by atoms with E-state index in [1.807, 2.05) is 37.5 Å². The smallest absolute Gasteiger partial charge is 0.272 e. The summed E-state index contributed by atoms with van der Waals surface area (Å²) >= 11 is 0. The van der Waals surface area contributed by atoms with Gasteiger partial charge in [-0.3, -0.25) is 14.5 Å². The molecule has 0 radical (unpaired) electrons. The molecule has 1 saturated carbocycles. The number of hydrogen-bond donors (Lipinski definition) is 2. The Morgan fingerprint density at radius 2 is 2.04 bits per heavy atom. The fourth-order valence-electron chi connectivity index (χ4n) is 3.26. The Kier molecular flexibility index (Phi) is 3.93. The maximum absolute atomic E-state index is 12.7. The Labute approximate surface area is 144 Å². The number of aryl methyl sites for hydroxylation is 1. The van der Waals surface area contributed by atoms with Crippen LogP contribution in [0.2, 0.25) is 0 Å². The number of nitrogens with zero attached hydrogens (tertiary/aromatic N) is 4. The van der Waals surface area contributed by atoms with Gasteiger partial charge in [-0.25, -0.2) is 4.98 Å². The van der Waals surface area contributed by atoms with Crippen molar-refractivity contribution < 1.29 is 9.90 Å². The minimum Gasteiger partial charge on any atom is -0.393 e. The van der Waals surface area contributed by atoms with Crippen LogP contribution in [0.4, 0.5) is 0 Å². The van der Waals surface area contributed by atoms with E-state index in [-0.39, 0.29) is 29.7 Å². The summed E-state index contributed by atoms with van der Waals surface area (Å²) in [4.78, 5) is 21.4. The lowest BCUT2D eigenvalue weighted by Gasteiger charge is -2.37. The zero-order chi connectivity index (χ0) is 17.4. The van der Waals surface area contributed by atoms with Gasteiger partial charge in [0.15, 0.2) is 0 Å². The molecular weight excluding hydrogens is 318 g/mol. The van der Waals surface area contributed by atoms with Crippen molar-refractivity contribution in [2.45, 2.75) is 25.0 Å². The van der Waals surface area contributed by atoms with Crippen molar-refractivity contribution in [1.29, 1.82) is 0 Å². The number of hydrogen-bond acceptors (Lipinski definition) is 5. The van der Waals surface area contributed by atoms with Gasteiger partial charge in [-0.1, -0.05) is 12.1 Å². The maximum atomic E-state index is 12.7. The first-order valence-electron chi connectivity index (χ1n) is 8.29. The highest BCUT2D eigenvalue weighted by molar-refractivity contribution is 5.94. The van der Waals surface area contributed by atoms with Crippen LogP contribution in [0, 0.1) is 5.92 Å². The molecule has 1 amide bonds. The second-order valence-electron chi connectivity index (χ2n) is 6.53. The number of benzene rings is 1.